The fraction of sp³-hybridized carbons (Fsp3) is 0.375. The summed E-state index contributed by atoms with van der Waals surface area (Å²) >= 11 is 5.77. The van der Waals surface area contributed by atoms with Gasteiger partial charge in [0.15, 0.2) is 5.65 Å². The van der Waals surface area contributed by atoms with Crippen LogP contribution in [0.25, 0.3) is 5.65 Å². The van der Waals surface area contributed by atoms with E-state index in [2.05, 4.69) is 15.2 Å². The van der Waals surface area contributed by atoms with E-state index in [9.17, 15) is 0 Å². The maximum absolute atomic E-state index is 5.77. The predicted molar refractivity (Wildman–Crippen MR) is 53.1 cm³/mol. The average Bonchev–Trinajstić information content (AvgIpc) is 2.47. The molecule has 0 bridgehead atoms. The molecule has 2 aromatic heterocycles. The van der Waals surface area contributed by atoms with Gasteiger partial charge in [0, 0.05) is 18.7 Å². The Labute approximate surface area is 85.9 Å². The second-order valence-corrected chi connectivity index (χ2v) is 3.62. The molecule has 1 atom stereocenters. The largest absolute Gasteiger partial charge is 0.328 e. The molecule has 6 heteroatoms. The summed E-state index contributed by atoms with van der Waals surface area (Å²) < 4.78 is 1.80. The molecule has 74 valence electrons. The molecule has 0 fully saturated rings. The molecule has 0 aromatic carbocycles. The number of hydrogen-bond acceptors (Lipinski definition) is 4. The first-order chi connectivity index (χ1) is 6.66. The molecular formula is C8H10ClN5. The van der Waals surface area contributed by atoms with Gasteiger partial charge in [-0.15, -0.1) is 10.2 Å². The van der Waals surface area contributed by atoms with E-state index in [4.69, 9.17) is 17.3 Å². The van der Waals surface area contributed by atoms with Crippen molar-refractivity contribution in [1.29, 1.82) is 0 Å². The fourth-order valence-corrected chi connectivity index (χ4v) is 1.40. The first-order valence-electron chi connectivity index (χ1n) is 4.27. The zero-order chi connectivity index (χ0) is 10.1. The Morgan fingerprint density at radius 1 is 1.57 bits per heavy atom. The highest BCUT2D eigenvalue weighted by Crippen LogP contribution is 2.08. The summed E-state index contributed by atoms with van der Waals surface area (Å²) in [7, 11) is 0. The second kappa shape index (κ2) is 3.51. The molecule has 2 aromatic rings. The molecule has 0 spiro atoms. The number of hydrogen-bond donors (Lipinski definition) is 1. The minimum absolute atomic E-state index is 0.0503. The van der Waals surface area contributed by atoms with Gasteiger partial charge in [-0.3, -0.25) is 4.40 Å². The van der Waals surface area contributed by atoms with E-state index in [-0.39, 0.29) is 6.04 Å². The lowest BCUT2D eigenvalue weighted by Crippen LogP contribution is -2.19. The van der Waals surface area contributed by atoms with Crippen molar-refractivity contribution < 1.29 is 0 Å². The van der Waals surface area contributed by atoms with Crippen LogP contribution in [0.4, 0.5) is 0 Å². The Bertz CT molecular complexity index is 450. The van der Waals surface area contributed by atoms with Crippen molar-refractivity contribution in [3.8, 4) is 0 Å². The van der Waals surface area contributed by atoms with Crippen LogP contribution >= 0.6 is 11.6 Å². The van der Waals surface area contributed by atoms with Crippen molar-refractivity contribution in [3.05, 3.63) is 23.4 Å². The maximum Gasteiger partial charge on any atom is 0.179 e. The summed E-state index contributed by atoms with van der Waals surface area (Å²) in [6.45, 7) is 1.92. The Morgan fingerprint density at radius 2 is 2.36 bits per heavy atom. The van der Waals surface area contributed by atoms with Crippen molar-refractivity contribution in [2.75, 3.05) is 0 Å². The molecule has 5 nitrogen and oxygen atoms in total. The average molecular weight is 212 g/mol. The lowest BCUT2D eigenvalue weighted by Gasteiger charge is -2.02. The van der Waals surface area contributed by atoms with Crippen molar-refractivity contribution in [3.63, 3.8) is 0 Å². The summed E-state index contributed by atoms with van der Waals surface area (Å²) in [5.41, 5.74) is 6.37. The van der Waals surface area contributed by atoms with Gasteiger partial charge in [-0.1, -0.05) is 11.6 Å². The molecule has 0 saturated carbocycles. The molecule has 0 saturated heterocycles. The highest BCUT2D eigenvalue weighted by Gasteiger charge is 2.07. The smallest absolute Gasteiger partial charge is 0.179 e. The highest BCUT2D eigenvalue weighted by molar-refractivity contribution is 6.29. The molecule has 14 heavy (non-hydrogen) atoms. The van der Waals surface area contributed by atoms with Gasteiger partial charge >= 0.3 is 0 Å². The minimum atomic E-state index is 0.0503. The first kappa shape index (κ1) is 9.36. The summed E-state index contributed by atoms with van der Waals surface area (Å²) in [5, 5.41) is 8.38. The van der Waals surface area contributed by atoms with Crippen LogP contribution in [0.1, 0.15) is 12.7 Å². The Hall–Kier alpha value is -1.20. The zero-order valence-electron chi connectivity index (χ0n) is 7.68. The molecular weight excluding hydrogens is 202 g/mol. The predicted octanol–water partition coefficient (Wildman–Crippen LogP) is 0.667. The summed E-state index contributed by atoms with van der Waals surface area (Å²) in [5.74, 6) is 0.805. The van der Waals surface area contributed by atoms with Crippen LogP contribution in [0, 0.1) is 0 Å². The van der Waals surface area contributed by atoms with Crippen LogP contribution in [-0.4, -0.2) is 25.6 Å². The highest BCUT2D eigenvalue weighted by atomic mass is 35.5. The van der Waals surface area contributed by atoms with Crippen molar-refractivity contribution >= 4 is 17.2 Å². The van der Waals surface area contributed by atoms with Crippen LogP contribution in [0.5, 0.6) is 0 Å². The Morgan fingerprint density at radius 3 is 3.07 bits per heavy atom. The first-order valence-corrected chi connectivity index (χ1v) is 4.65. The van der Waals surface area contributed by atoms with Crippen molar-refractivity contribution in [2.45, 2.75) is 19.4 Å². The SMILES string of the molecule is CC(N)Cc1nnc2cnc(Cl)cn12. The van der Waals surface area contributed by atoms with Gasteiger partial charge in [0.1, 0.15) is 11.0 Å². The lowest BCUT2D eigenvalue weighted by molar-refractivity contribution is 0.694. The third kappa shape index (κ3) is 1.69. The Balaban J connectivity index is 2.50. The third-order valence-corrected chi connectivity index (χ3v) is 2.03. The van der Waals surface area contributed by atoms with E-state index < -0.39 is 0 Å². The van der Waals surface area contributed by atoms with Crippen LogP contribution < -0.4 is 5.73 Å². The zero-order valence-corrected chi connectivity index (χ0v) is 8.44. The number of nitrogens with zero attached hydrogens (tertiary/aromatic N) is 4. The maximum atomic E-state index is 5.77. The van der Waals surface area contributed by atoms with Gasteiger partial charge in [0.2, 0.25) is 0 Å². The van der Waals surface area contributed by atoms with Gasteiger partial charge in [-0.2, -0.15) is 0 Å². The molecule has 0 radical (unpaired) electrons. The number of fused-ring (bicyclic) bond motifs is 1. The van der Waals surface area contributed by atoms with Gasteiger partial charge in [-0.25, -0.2) is 4.98 Å². The number of rotatable bonds is 2. The molecule has 0 amide bonds. The molecule has 1 unspecified atom stereocenters. The number of nitrogens with two attached hydrogens (primary N) is 1. The van der Waals surface area contributed by atoms with Gasteiger partial charge in [0.25, 0.3) is 0 Å². The van der Waals surface area contributed by atoms with Crippen molar-refractivity contribution in [2.24, 2.45) is 5.73 Å². The molecule has 2 rings (SSSR count). The number of aromatic nitrogens is 4. The third-order valence-electron chi connectivity index (χ3n) is 1.84. The van der Waals surface area contributed by atoms with Gasteiger partial charge < -0.3 is 5.73 Å². The van der Waals surface area contributed by atoms with E-state index >= 15 is 0 Å². The molecule has 0 aliphatic carbocycles. The molecule has 2 N–H and O–H groups in total. The molecule has 2 heterocycles. The van der Waals surface area contributed by atoms with Gasteiger partial charge in [-0.05, 0) is 6.92 Å². The van der Waals surface area contributed by atoms with E-state index in [1.807, 2.05) is 6.92 Å². The fourth-order valence-electron chi connectivity index (χ4n) is 1.25. The monoisotopic (exact) mass is 211 g/mol. The standard InChI is InChI=1S/C8H10ClN5/c1-5(10)2-7-12-13-8-3-11-6(9)4-14(7)8/h3-5H,2,10H2,1H3. The van der Waals surface area contributed by atoms with E-state index in [0.29, 0.717) is 17.2 Å². The molecule has 0 aliphatic heterocycles. The summed E-state index contributed by atoms with van der Waals surface area (Å²) in [6.07, 6.45) is 3.94. The van der Waals surface area contributed by atoms with Crippen LogP contribution in [0.15, 0.2) is 12.4 Å². The summed E-state index contributed by atoms with van der Waals surface area (Å²) in [4.78, 5) is 3.91. The molecule has 0 aliphatic rings. The topological polar surface area (TPSA) is 69.1 Å². The van der Waals surface area contributed by atoms with Gasteiger partial charge in [0.05, 0.1) is 6.20 Å². The van der Waals surface area contributed by atoms with E-state index in [0.717, 1.165) is 5.82 Å². The quantitative estimate of drug-likeness (QED) is 0.793. The second-order valence-electron chi connectivity index (χ2n) is 3.24. The normalized spacial score (nSPS) is 13.4. The van der Waals surface area contributed by atoms with Crippen LogP contribution in [0.2, 0.25) is 5.15 Å². The van der Waals surface area contributed by atoms with E-state index in [1.54, 1.807) is 16.8 Å². The summed E-state index contributed by atoms with van der Waals surface area (Å²) in [6, 6.07) is 0.0503. The van der Waals surface area contributed by atoms with Crippen LogP contribution in [-0.2, 0) is 6.42 Å². The van der Waals surface area contributed by atoms with Crippen LogP contribution in [0.3, 0.4) is 0 Å². The van der Waals surface area contributed by atoms with Crippen molar-refractivity contribution in [1.82, 2.24) is 19.6 Å². The Kier molecular flexibility index (Phi) is 2.35. The van der Waals surface area contributed by atoms with E-state index in [1.165, 1.54) is 0 Å². The number of halogens is 1. The lowest BCUT2D eigenvalue weighted by atomic mass is 10.2. The minimum Gasteiger partial charge on any atom is -0.328 e.